The second-order valence-corrected chi connectivity index (χ2v) is 4.16. The Morgan fingerprint density at radius 2 is 2.10 bits per heavy atom. The number of carboxylic acids is 1. The molecule has 1 aromatic carbocycles. The van der Waals surface area contributed by atoms with Gasteiger partial charge in [-0.3, -0.25) is 0 Å². The summed E-state index contributed by atoms with van der Waals surface area (Å²) in [5.74, 6) is 0.767. The molecule has 0 radical (unpaired) electrons. The monoisotopic (exact) mass is 285 g/mol. The van der Waals surface area contributed by atoms with Crippen LogP contribution in [0.15, 0.2) is 18.2 Å². The molecule has 0 saturated carbocycles. The minimum absolute atomic E-state index is 0.164. The molecule has 0 saturated heterocycles. The van der Waals surface area contributed by atoms with Gasteiger partial charge in [0, 0.05) is 12.2 Å². The van der Waals surface area contributed by atoms with E-state index in [1.54, 1.807) is 4.90 Å². The highest BCUT2D eigenvalue weighted by atomic mass is 19.4. The number of anilines is 1. The normalized spacial score (nSPS) is 10.9. The first-order valence-corrected chi connectivity index (χ1v) is 5.94. The fourth-order valence-corrected chi connectivity index (χ4v) is 1.83. The van der Waals surface area contributed by atoms with Crippen LogP contribution < -0.4 is 4.90 Å². The molecule has 0 heterocycles. The summed E-state index contributed by atoms with van der Waals surface area (Å²) in [6.07, 6.45) is 1.18. The Labute approximate surface area is 115 Å². The number of rotatable bonds is 5. The molecule has 108 valence electrons. The maximum absolute atomic E-state index is 12.9. The zero-order chi connectivity index (χ0) is 15.3. The van der Waals surface area contributed by atoms with Crippen LogP contribution in [0.25, 0.3) is 0 Å². The molecule has 0 aliphatic heterocycles. The van der Waals surface area contributed by atoms with Crippen LogP contribution in [0.2, 0.25) is 0 Å². The number of benzene rings is 1. The van der Waals surface area contributed by atoms with E-state index in [1.165, 1.54) is 6.07 Å². The molecule has 1 N–H and O–H groups in total. The number of halogens is 3. The summed E-state index contributed by atoms with van der Waals surface area (Å²) in [6.45, 7) is 2.53. The van der Waals surface area contributed by atoms with Crippen LogP contribution >= 0.6 is 0 Å². The van der Waals surface area contributed by atoms with Crippen LogP contribution in [0.5, 0.6) is 0 Å². The standard InChI is InChI=1S/C14H14F3NO2/c1-3-7-18(8-4-2)10-5-6-11(13(19)20)12(9-10)14(15,16)17/h1,5-6,9H,4,7-8H2,2H3,(H,19,20). The van der Waals surface area contributed by atoms with E-state index in [9.17, 15) is 18.0 Å². The van der Waals surface area contributed by atoms with Gasteiger partial charge in [0.25, 0.3) is 0 Å². The van der Waals surface area contributed by atoms with Gasteiger partial charge in [0.2, 0.25) is 0 Å². The van der Waals surface area contributed by atoms with E-state index in [0.29, 0.717) is 13.0 Å². The van der Waals surface area contributed by atoms with Crippen molar-refractivity contribution >= 4 is 11.7 Å². The summed E-state index contributed by atoms with van der Waals surface area (Å²) in [5.41, 5.74) is -1.67. The average Bonchev–Trinajstić information content (AvgIpc) is 2.36. The van der Waals surface area contributed by atoms with Gasteiger partial charge in [-0.2, -0.15) is 13.2 Å². The Bertz CT molecular complexity index is 532. The van der Waals surface area contributed by atoms with Crippen molar-refractivity contribution in [1.29, 1.82) is 0 Å². The summed E-state index contributed by atoms with van der Waals surface area (Å²) in [7, 11) is 0. The summed E-state index contributed by atoms with van der Waals surface area (Å²) in [6, 6.07) is 3.13. The van der Waals surface area contributed by atoms with Crippen LogP contribution in [0.1, 0.15) is 29.3 Å². The van der Waals surface area contributed by atoms with Crippen molar-refractivity contribution in [2.75, 3.05) is 18.0 Å². The molecule has 3 nitrogen and oxygen atoms in total. The Morgan fingerprint density at radius 1 is 1.45 bits per heavy atom. The number of terminal acetylenes is 1. The molecule has 0 spiro atoms. The largest absolute Gasteiger partial charge is 0.478 e. The van der Waals surface area contributed by atoms with E-state index in [2.05, 4.69) is 5.92 Å². The fourth-order valence-electron chi connectivity index (χ4n) is 1.83. The van der Waals surface area contributed by atoms with Crippen LogP contribution in [0.4, 0.5) is 18.9 Å². The van der Waals surface area contributed by atoms with Crippen LogP contribution in [0.3, 0.4) is 0 Å². The van der Waals surface area contributed by atoms with Gasteiger partial charge in [-0.15, -0.1) is 6.42 Å². The lowest BCUT2D eigenvalue weighted by Gasteiger charge is -2.23. The maximum Gasteiger partial charge on any atom is 0.417 e. The molecule has 0 aromatic heterocycles. The molecule has 1 rings (SSSR count). The quantitative estimate of drug-likeness (QED) is 0.844. The van der Waals surface area contributed by atoms with Gasteiger partial charge in [-0.25, -0.2) is 4.79 Å². The second kappa shape index (κ2) is 6.33. The van der Waals surface area contributed by atoms with Crippen molar-refractivity contribution in [3.8, 4) is 12.3 Å². The Kier molecular flexibility index (Phi) is 5.03. The van der Waals surface area contributed by atoms with E-state index in [0.717, 1.165) is 12.1 Å². The first kappa shape index (κ1) is 15.9. The third-order valence-corrected chi connectivity index (χ3v) is 2.68. The van der Waals surface area contributed by atoms with Crippen molar-refractivity contribution in [3.05, 3.63) is 29.3 Å². The van der Waals surface area contributed by atoms with Gasteiger partial charge < -0.3 is 10.0 Å². The third-order valence-electron chi connectivity index (χ3n) is 2.68. The fraction of sp³-hybridized carbons (Fsp3) is 0.357. The summed E-state index contributed by atoms with van der Waals surface area (Å²) in [4.78, 5) is 12.5. The zero-order valence-electron chi connectivity index (χ0n) is 10.9. The van der Waals surface area contributed by atoms with Gasteiger partial charge in [-0.05, 0) is 24.6 Å². The number of carbonyl (C=O) groups is 1. The second-order valence-electron chi connectivity index (χ2n) is 4.16. The average molecular weight is 285 g/mol. The van der Waals surface area contributed by atoms with Crippen molar-refractivity contribution in [3.63, 3.8) is 0 Å². The Hall–Kier alpha value is -2.16. The number of carboxylic acid groups (broad SMARTS) is 1. The highest BCUT2D eigenvalue weighted by molar-refractivity contribution is 5.90. The highest BCUT2D eigenvalue weighted by Gasteiger charge is 2.35. The molecule has 1 aromatic rings. The van der Waals surface area contributed by atoms with Gasteiger partial charge in [0.05, 0.1) is 17.7 Å². The van der Waals surface area contributed by atoms with Crippen LogP contribution in [-0.4, -0.2) is 24.2 Å². The van der Waals surface area contributed by atoms with Crippen LogP contribution in [0, 0.1) is 12.3 Å². The lowest BCUT2D eigenvalue weighted by molar-refractivity contribution is -0.138. The van der Waals surface area contributed by atoms with E-state index in [-0.39, 0.29) is 12.2 Å². The first-order valence-electron chi connectivity index (χ1n) is 5.94. The molecule has 0 fully saturated rings. The predicted molar refractivity (Wildman–Crippen MR) is 69.7 cm³/mol. The minimum atomic E-state index is -4.72. The van der Waals surface area contributed by atoms with E-state index in [1.807, 2.05) is 6.92 Å². The lowest BCUT2D eigenvalue weighted by Crippen LogP contribution is -2.25. The SMILES string of the molecule is C#CCN(CCC)c1ccc(C(=O)O)c(C(F)(F)F)c1. The van der Waals surface area contributed by atoms with E-state index >= 15 is 0 Å². The topological polar surface area (TPSA) is 40.5 Å². The molecule has 0 aliphatic rings. The van der Waals surface area contributed by atoms with Crippen molar-refractivity contribution in [2.45, 2.75) is 19.5 Å². The number of nitrogens with zero attached hydrogens (tertiary/aromatic N) is 1. The molecule has 0 amide bonds. The maximum atomic E-state index is 12.9. The number of hydrogen-bond donors (Lipinski definition) is 1. The Balaban J connectivity index is 3.31. The molecular formula is C14H14F3NO2. The van der Waals surface area contributed by atoms with Gasteiger partial charge in [0.15, 0.2) is 0 Å². The van der Waals surface area contributed by atoms with Crippen molar-refractivity contribution in [2.24, 2.45) is 0 Å². The van der Waals surface area contributed by atoms with Crippen molar-refractivity contribution in [1.82, 2.24) is 0 Å². The van der Waals surface area contributed by atoms with E-state index < -0.39 is 23.3 Å². The highest BCUT2D eigenvalue weighted by Crippen LogP contribution is 2.34. The summed E-state index contributed by atoms with van der Waals surface area (Å²) < 4.78 is 38.7. The molecule has 0 unspecified atom stereocenters. The van der Waals surface area contributed by atoms with Gasteiger partial charge >= 0.3 is 12.1 Å². The zero-order valence-corrected chi connectivity index (χ0v) is 10.9. The first-order chi connectivity index (χ1) is 9.31. The molecular weight excluding hydrogens is 271 g/mol. The number of hydrogen-bond acceptors (Lipinski definition) is 2. The summed E-state index contributed by atoms with van der Waals surface area (Å²) >= 11 is 0. The van der Waals surface area contributed by atoms with Gasteiger partial charge in [-0.1, -0.05) is 12.8 Å². The number of aromatic carboxylic acids is 1. The molecule has 0 atom stereocenters. The Morgan fingerprint density at radius 3 is 2.55 bits per heavy atom. The third kappa shape index (κ3) is 3.67. The molecule has 20 heavy (non-hydrogen) atoms. The lowest BCUT2D eigenvalue weighted by atomic mass is 10.1. The van der Waals surface area contributed by atoms with Gasteiger partial charge in [0.1, 0.15) is 0 Å². The van der Waals surface area contributed by atoms with Crippen LogP contribution in [-0.2, 0) is 6.18 Å². The molecule has 0 aliphatic carbocycles. The van der Waals surface area contributed by atoms with Crippen molar-refractivity contribution < 1.29 is 23.1 Å². The smallest absolute Gasteiger partial charge is 0.417 e. The molecule has 6 heteroatoms. The minimum Gasteiger partial charge on any atom is -0.478 e. The number of alkyl halides is 3. The molecule has 0 bridgehead atoms. The van der Waals surface area contributed by atoms with E-state index in [4.69, 9.17) is 11.5 Å². The summed E-state index contributed by atoms with van der Waals surface area (Å²) in [5, 5.41) is 8.82. The predicted octanol–water partition coefficient (Wildman–Crippen LogP) is 3.25.